The summed E-state index contributed by atoms with van der Waals surface area (Å²) in [7, 11) is 3.21. The molecular formula is C34H55N3O6. The number of nitrogens with one attached hydrogen (secondary N) is 1. The number of carbonyl (C=O) groups excluding carboxylic acids is 4. The average molecular weight is 602 g/mol. The van der Waals surface area contributed by atoms with Crippen LogP contribution >= 0.6 is 0 Å². The first-order valence-electron chi connectivity index (χ1n) is 15.0. The van der Waals surface area contributed by atoms with Crippen molar-refractivity contribution >= 4 is 23.9 Å². The van der Waals surface area contributed by atoms with E-state index in [1.54, 1.807) is 59.7 Å². The first kappa shape index (κ1) is 37.7. The largest absolute Gasteiger partial charge is 0.463 e. The molecule has 0 fully saturated rings. The summed E-state index contributed by atoms with van der Waals surface area (Å²) in [6.07, 6.45) is 1.09. The van der Waals surface area contributed by atoms with E-state index in [2.05, 4.69) is 5.32 Å². The summed E-state index contributed by atoms with van der Waals surface area (Å²) in [5, 5.41) is 3.01. The summed E-state index contributed by atoms with van der Waals surface area (Å²) in [5.41, 5.74) is -1.06. The van der Waals surface area contributed by atoms with Crippen LogP contribution in [0.3, 0.4) is 0 Å². The Hall–Kier alpha value is -3.36. The summed E-state index contributed by atoms with van der Waals surface area (Å²) < 4.78 is 10.8. The van der Waals surface area contributed by atoms with E-state index >= 15 is 0 Å². The van der Waals surface area contributed by atoms with Crippen LogP contribution in [0.2, 0.25) is 0 Å². The number of nitrogens with zero attached hydrogens (tertiary/aromatic N) is 2. The van der Waals surface area contributed by atoms with Crippen molar-refractivity contribution < 1.29 is 28.7 Å². The first-order valence-corrected chi connectivity index (χ1v) is 15.0. The third-order valence-corrected chi connectivity index (χ3v) is 7.41. The van der Waals surface area contributed by atoms with E-state index in [0.717, 1.165) is 5.56 Å². The lowest BCUT2D eigenvalue weighted by Crippen LogP contribution is -2.63. The first-order chi connectivity index (χ1) is 19.6. The molecule has 1 N–H and O–H groups in total. The molecule has 0 aromatic heterocycles. The molecule has 1 aromatic rings. The smallest absolute Gasteiger partial charge is 0.410 e. The van der Waals surface area contributed by atoms with Gasteiger partial charge < -0.3 is 19.7 Å². The molecule has 0 saturated heterocycles. The zero-order chi connectivity index (χ0) is 33.5. The molecule has 0 saturated carbocycles. The lowest BCUT2D eigenvalue weighted by atomic mass is 9.76. The molecule has 1 aromatic carbocycles. The molecule has 3 amide bonds. The highest BCUT2D eigenvalue weighted by atomic mass is 16.6. The third kappa shape index (κ3) is 10.4. The van der Waals surface area contributed by atoms with Crippen molar-refractivity contribution in [3.63, 3.8) is 0 Å². The van der Waals surface area contributed by atoms with Crippen LogP contribution in [0.5, 0.6) is 0 Å². The zero-order valence-corrected chi connectivity index (χ0v) is 28.8. The molecule has 0 heterocycles. The quantitative estimate of drug-likeness (QED) is 0.257. The Morgan fingerprint density at radius 3 is 1.88 bits per heavy atom. The van der Waals surface area contributed by atoms with Gasteiger partial charge in [-0.1, -0.05) is 84.9 Å². The molecular weight excluding hydrogens is 546 g/mol. The van der Waals surface area contributed by atoms with Gasteiger partial charge >= 0.3 is 12.1 Å². The van der Waals surface area contributed by atoms with E-state index in [9.17, 15) is 19.2 Å². The Morgan fingerprint density at radius 2 is 1.44 bits per heavy atom. The zero-order valence-electron chi connectivity index (χ0n) is 28.8. The van der Waals surface area contributed by atoms with E-state index in [1.807, 2.05) is 78.8 Å². The van der Waals surface area contributed by atoms with Crippen molar-refractivity contribution in [3.05, 3.63) is 47.5 Å². The molecule has 1 rings (SSSR count). The van der Waals surface area contributed by atoms with Crippen LogP contribution in [0.1, 0.15) is 88.6 Å². The number of rotatable bonds is 11. The van der Waals surface area contributed by atoms with Crippen LogP contribution in [0.15, 0.2) is 42.0 Å². The number of hydrogen-bond donors (Lipinski definition) is 1. The number of carbonyl (C=O) groups is 4. The van der Waals surface area contributed by atoms with Crippen molar-refractivity contribution in [1.29, 1.82) is 0 Å². The molecule has 3 unspecified atom stereocenters. The van der Waals surface area contributed by atoms with Crippen molar-refractivity contribution in [2.45, 2.75) is 112 Å². The summed E-state index contributed by atoms with van der Waals surface area (Å²) >= 11 is 0. The van der Waals surface area contributed by atoms with Crippen molar-refractivity contribution in [2.75, 3.05) is 20.7 Å². The number of ether oxygens (including phenoxy) is 2. The predicted octanol–water partition coefficient (Wildman–Crippen LogP) is 5.72. The van der Waals surface area contributed by atoms with Gasteiger partial charge in [0, 0.05) is 25.1 Å². The number of likely N-dealkylation sites (N-methyl/N-ethyl adjacent to an activating group) is 2. The average Bonchev–Trinajstić information content (AvgIpc) is 2.88. The highest BCUT2D eigenvalue weighted by molar-refractivity contribution is 5.93. The molecule has 0 bridgehead atoms. The Kier molecular flexibility index (Phi) is 13.0. The van der Waals surface area contributed by atoms with Gasteiger partial charge in [0.25, 0.3) is 0 Å². The van der Waals surface area contributed by atoms with Gasteiger partial charge in [-0.25, -0.2) is 9.59 Å². The predicted molar refractivity (Wildman–Crippen MR) is 170 cm³/mol. The van der Waals surface area contributed by atoms with E-state index < -0.39 is 52.5 Å². The maximum Gasteiger partial charge on any atom is 0.410 e. The van der Waals surface area contributed by atoms with Crippen molar-refractivity contribution in [1.82, 2.24) is 15.1 Å². The lowest BCUT2D eigenvalue weighted by molar-refractivity contribution is -0.142. The number of amides is 3. The van der Waals surface area contributed by atoms with Gasteiger partial charge in [-0.2, -0.15) is 0 Å². The maximum absolute atomic E-state index is 14.3. The van der Waals surface area contributed by atoms with Gasteiger partial charge in [-0.05, 0) is 51.5 Å². The van der Waals surface area contributed by atoms with Crippen LogP contribution in [0.4, 0.5) is 4.79 Å². The molecule has 242 valence electrons. The molecule has 0 aliphatic heterocycles. The monoisotopic (exact) mass is 601 g/mol. The van der Waals surface area contributed by atoms with E-state index in [4.69, 9.17) is 9.47 Å². The molecule has 9 nitrogen and oxygen atoms in total. The van der Waals surface area contributed by atoms with Gasteiger partial charge in [0.1, 0.15) is 17.7 Å². The maximum atomic E-state index is 14.3. The Morgan fingerprint density at radius 1 is 0.907 bits per heavy atom. The standard InChI is InChI=1S/C34H55N3O6/c1-15-42-30(40)23(4)21-25(22(2)3)36(13)29(39)26(32(5,6)7)35-28(38)27(37(14)31(41)43-33(8,9)10)34(11,12)24-19-17-16-18-20-24/h16-22,25-27H,15H2,1-14H3,(H,35,38). The van der Waals surface area contributed by atoms with Gasteiger partial charge in [-0.3, -0.25) is 14.5 Å². The third-order valence-electron chi connectivity index (χ3n) is 7.41. The number of esters is 1. The summed E-state index contributed by atoms with van der Waals surface area (Å²) in [6.45, 7) is 22.3. The fourth-order valence-electron chi connectivity index (χ4n) is 4.99. The fraction of sp³-hybridized carbons (Fsp3) is 0.647. The van der Waals surface area contributed by atoms with Crippen LogP contribution in [-0.4, -0.2) is 78.1 Å². The second-order valence-corrected chi connectivity index (χ2v) is 14.1. The van der Waals surface area contributed by atoms with Crippen LogP contribution < -0.4 is 5.32 Å². The van der Waals surface area contributed by atoms with Gasteiger partial charge in [0.2, 0.25) is 11.8 Å². The molecule has 43 heavy (non-hydrogen) atoms. The summed E-state index contributed by atoms with van der Waals surface area (Å²) in [4.78, 5) is 56.9. The van der Waals surface area contributed by atoms with Gasteiger partial charge in [0.15, 0.2) is 0 Å². The Labute approximate surface area is 259 Å². The van der Waals surface area contributed by atoms with Crippen LogP contribution in [0.25, 0.3) is 0 Å². The van der Waals surface area contributed by atoms with Gasteiger partial charge in [0.05, 0.1) is 12.6 Å². The van der Waals surface area contributed by atoms with Gasteiger partial charge in [-0.15, -0.1) is 0 Å². The molecule has 3 atom stereocenters. The highest BCUT2D eigenvalue weighted by Gasteiger charge is 2.45. The fourth-order valence-corrected chi connectivity index (χ4v) is 4.99. The van der Waals surface area contributed by atoms with Crippen molar-refractivity contribution in [3.8, 4) is 0 Å². The summed E-state index contributed by atoms with van der Waals surface area (Å²) in [5.74, 6) is -1.27. The molecule has 0 aliphatic rings. The summed E-state index contributed by atoms with van der Waals surface area (Å²) in [6, 6.07) is 7.09. The molecule has 0 aliphatic carbocycles. The molecule has 0 spiro atoms. The van der Waals surface area contributed by atoms with E-state index in [-0.39, 0.29) is 18.4 Å². The Bertz CT molecular complexity index is 1140. The highest BCUT2D eigenvalue weighted by Crippen LogP contribution is 2.32. The van der Waals surface area contributed by atoms with Crippen LogP contribution in [-0.2, 0) is 29.3 Å². The topological polar surface area (TPSA) is 105 Å². The van der Waals surface area contributed by atoms with E-state index in [1.165, 1.54) is 4.90 Å². The lowest BCUT2D eigenvalue weighted by Gasteiger charge is -2.42. The minimum absolute atomic E-state index is 0.0299. The van der Waals surface area contributed by atoms with E-state index in [0.29, 0.717) is 5.57 Å². The second kappa shape index (κ2) is 14.9. The SMILES string of the molecule is CCOC(=O)C(C)=CC(C(C)C)N(C)C(=O)C(NC(=O)C(N(C)C(=O)OC(C)(C)C)C(C)(C)c1ccccc1)C(C)(C)C. The minimum atomic E-state index is -1.01. The van der Waals surface area contributed by atoms with Crippen molar-refractivity contribution in [2.24, 2.45) is 11.3 Å². The van der Waals surface area contributed by atoms with Crippen LogP contribution in [0, 0.1) is 11.3 Å². The second-order valence-electron chi connectivity index (χ2n) is 14.1. The Balaban J connectivity index is 3.58. The molecule has 0 radical (unpaired) electrons. The number of hydrogen-bond acceptors (Lipinski definition) is 6. The molecule has 9 heteroatoms. The number of benzene rings is 1. The minimum Gasteiger partial charge on any atom is -0.463 e. The normalized spacial score (nSPS) is 14.8.